The number of aryl methyl sites for hydroxylation is 1. The maximum atomic E-state index is 12.1. The van der Waals surface area contributed by atoms with Crippen LogP contribution in [0, 0.1) is 6.92 Å². The molecule has 23 heavy (non-hydrogen) atoms. The summed E-state index contributed by atoms with van der Waals surface area (Å²) in [4.78, 5) is 18.7. The molecule has 5 nitrogen and oxygen atoms in total. The number of piperazine rings is 1. The topological polar surface area (TPSA) is 47.0 Å². The maximum absolute atomic E-state index is 12.1. The molecule has 126 valence electrons. The van der Waals surface area contributed by atoms with E-state index in [2.05, 4.69) is 41.0 Å². The molecule has 2 aliphatic heterocycles. The van der Waals surface area contributed by atoms with Crippen LogP contribution < -0.4 is 4.90 Å². The molecule has 1 aromatic carbocycles. The largest absolute Gasteiger partial charge is 0.391 e. The van der Waals surface area contributed by atoms with Crippen molar-refractivity contribution in [1.82, 2.24) is 9.80 Å². The van der Waals surface area contributed by atoms with E-state index in [1.807, 2.05) is 0 Å². The standard InChI is InChI=1S/C18H27N3O2/c1-15-3-2-4-16(13-15)20-11-9-19(10-12-20)7-6-18(23)21-8-5-17(22)14-21/h2-4,13,17,22H,5-12,14H2,1H3. The fourth-order valence-corrected chi connectivity index (χ4v) is 3.43. The van der Waals surface area contributed by atoms with Gasteiger partial charge in [0.05, 0.1) is 6.10 Å². The van der Waals surface area contributed by atoms with Crippen LogP contribution in [0.15, 0.2) is 24.3 Å². The van der Waals surface area contributed by atoms with Crippen LogP contribution in [0.4, 0.5) is 5.69 Å². The highest BCUT2D eigenvalue weighted by Gasteiger charge is 2.25. The minimum atomic E-state index is -0.322. The number of β-amino-alcohol motifs (C(OH)–C–C–N with tert-alkyl or cyclic N) is 1. The van der Waals surface area contributed by atoms with Gasteiger partial charge in [-0.05, 0) is 31.0 Å². The summed E-state index contributed by atoms with van der Waals surface area (Å²) in [7, 11) is 0. The Hall–Kier alpha value is -1.59. The van der Waals surface area contributed by atoms with Crippen LogP contribution >= 0.6 is 0 Å². The molecule has 1 N–H and O–H groups in total. The van der Waals surface area contributed by atoms with Gasteiger partial charge in [0.1, 0.15) is 0 Å². The smallest absolute Gasteiger partial charge is 0.223 e. The third-order valence-corrected chi connectivity index (χ3v) is 4.90. The molecule has 0 spiro atoms. The van der Waals surface area contributed by atoms with Crippen LogP contribution in [-0.2, 0) is 4.79 Å². The van der Waals surface area contributed by atoms with Crippen molar-refractivity contribution < 1.29 is 9.90 Å². The quantitative estimate of drug-likeness (QED) is 0.903. The van der Waals surface area contributed by atoms with Crippen molar-refractivity contribution in [3.63, 3.8) is 0 Å². The van der Waals surface area contributed by atoms with Crippen LogP contribution in [0.25, 0.3) is 0 Å². The number of benzene rings is 1. The zero-order chi connectivity index (χ0) is 16.2. The molecule has 2 fully saturated rings. The Kier molecular flexibility index (Phi) is 5.18. The number of amides is 1. The van der Waals surface area contributed by atoms with Gasteiger partial charge in [0.25, 0.3) is 0 Å². The Labute approximate surface area is 138 Å². The van der Waals surface area contributed by atoms with Gasteiger partial charge in [0, 0.05) is 57.9 Å². The van der Waals surface area contributed by atoms with Crippen LogP contribution in [0.5, 0.6) is 0 Å². The van der Waals surface area contributed by atoms with E-state index in [0.29, 0.717) is 19.5 Å². The van der Waals surface area contributed by atoms with Gasteiger partial charge in [-0.25, -0.2) is 0 Å². The first-order valence-electron chi connectivity index (χ1n) is 8.61. The number of aliphatic hydroxyl groups excluding tert-OH is 1. The minimum Gasteiger partial charge on any atom is -0.391 e. The van der Waals surface area contributed by atoms with Crippen LogP contribution in [0.1, 0.15) is 18.4 Å². The lowest BCUT2D eigenvalue weighted by Crippen LogP contribution is -2.47. The van der Waals surface area contributed by atoms with Crippen LogP contribution in [-0.4, -0.2) is 72.7 Å². The average molecular weight is 317 g/mol. The highest BCUT2D eigenvalue weighted by atomic mass is 16.3. The maximum Gasteiger partial charge on any atom is 0.223 e. The Balaban J connectivity index is 1.42. The van der Waals surface area contributed by atoms with Gasteiger partial charge in [-0.15, -0.1) is 0 Å². The molecule has 5 heteroatoms. The van der Waals surface area contributed by atoms with E-state index in [4.69, 9.17) is 0 Å². The van der Waals surface area contributed by atoms with E-state index < -0.39 is 0 Å². The second kappa shape index (κ2) is 7.32. The summed E-state index contributed by atoms with van der Waals surface area (Å²) < 4.78 is 0. The molecule has 0 saturated carbocycles. The monoisotopic (exact) mass is 317 g/mol. The number of nitrogens with zero attached hydrogens (tertiary/aromatic N) is 3. The van der Waals surface area contributed by atoms with E-state index in [0.717, 1.165) is 39.1 Å². The van der Waals surface area contributed by atoms with Gasteiger partial charge in [0.15, 0.2) is 0 Å². The first-order valence-corrected chi connectivity index (χ1v) is 8.61. The molecule has 1 amide bonds. The lowest BCUT2D eigenvalue weighted by molar-refractivity contribution is -0.130. The molecule has 2 aliphatic rings. The van der Waals surface area contributed by atoms with Gasteiger partial charge >= 0.3 is 0 Å². The Morgan fingerprint density at radius 2 is 2.00 bits per heavy atom. The first kappa shape index (κ1) is 16.3. The van der Waals surface area contributed by atoms with E-state index >= 15 is 0 Å². The highest BCUT2D eigenvalue weighted by molar-refractivity contribution is 5.76. The van der Waals surface area contributed by atoms with Crippen molar-refractivity contribution in [2.24, 2.45) is 0 Å². The van der Waals surface area contributed by atoms with Gasteiger partial charge in [-0.2, -0.15) is 0 Å². The third kappa shape index (κ3) is 4.24. The molecule has 1 aromatic rings. The van der Waals surface area contributed by atoms with Gasteiger partial charge in [0.2, 0.25) is 5.91 Å². The van der Waals surface area contributed by atoms with Crippen molar-refractivity contribution in [1.29, 1.82) is 0 Å². The van der Waals surface area contributed by atoms with Gasteiger partial charge < -0.3 is 14.9 Å². The molecule has 0 bridgehead atoms. The third-order valence-electron chi connectivity index (χ3n) is 4.90. The summed E-state index contributed by atoms with van der Waals surface area (Å²) in [5, 5.41) is 9.51. The summed E-state index contributed by atoms with van der Waals surface area (Å²) in [6.45, 7) is 8.21. The van der Waals surface area contributed by atoms with Crippen molar-refractivity contribution >= 4 is 11.6 Å². The molecule has 0 aromatic heterocycles. The van der Waals surface area contributed by atoms with E-state index in [-0.39, 0.29) is 12.0 Å². The molecule has 0 radical (unpaired) electrons. The Bertz CT molecular complexity index is 541. The molecular weight excluding hydrogens is 290 g/mol. The number of likely N-dealkylation sites (tertiary alicyclic amines) is 1. The Morgan fingerprint density at radius 3 is 2.65 bits per heavy atom. The second-order valence-electron chi connectivity index (χ2n) is 6.70. The van der Waals surface area contributed by atoms with E-state index in [9.17, 15) is 9.90 Å². The number of rotatable bonds is 4. The van der Waals surface area contributed by atoms with Crippen LogP contribution in [0.2, 0.25) is 0 Å². The number of carbonyl (C=O) groups excluding carboxylic acids is 1. The lowest BCUT2D eigenvalue weighted by atomic mass is 10.2. The number of carbonyl (C=O) groups is 1. The molecule has 0 aliphatic carbocycles. The summed E-state index contributed by atoms with van der Waals surface area (Å²) >= 11 is 0. The average Bonchev–Trinajstić information content (AvgIpc) is 3.00. The van der Waals surface area contributed by atoms with Crippen LogP contribution in [0.3, 0.4) is 0 Å². The summed E-state index contributed by atoms with van der Waals surface area (Å²) in [6, 6.07) is 8.64. The van der Waals surface area contributed by atoms with Crippen molar-refractivity contribution in [2.45, 2.75) is 25.9 Å². The number of aliphatic hydroxyl groups is 1. The predicted octanol–water partition coefficient (Wildman–Crippen LogP) is 1.10. The molecule has 1 atom stereocenters. The second-order valence-corrected chi connectivity index (χ2v) is 6.70. The van der Waals surface area contributed by atoms with E-state index in [1.165, 1.54) is 11.3 Å². The molecule has 2 saturated heterocycles. The zero-order valence-electron chi connectivity index (χ0n) is 13.9. The number of anilines is 1. The summed E-state index contributed by atoms with van der Waals surface area (Å²) in [6.07, 6.45) is 0.967. The number of hydrogen-bond acceptors (Lipinski definition) is 4. The van der Waals surface area contributed by atoms with Crippen molar-refractivity contribution in [2.75, 3.05) is 50.7 Å². The summed E-state index contributed by atoms with van der Waals surface area (Å²) in [5.74, 6) is 0.183. The molecular formula is C18H27N3O2. The van der Waals surface area contributed by atoms with E-state index in [1.54, 1.807) is 4.90 Å². The van der Waals surface area contributed by atoms with Crippen molar-refractivity contribution in [3.05, 3.63) is 29.8 Å². The number of hydrogen-bond donors (Lipinski definition) is 1. The highest BCUT2D eigenvalue weighted by Crippen LogP contribution is 2.18. The predicted molar refractivity (Wildman–Crippen MR) is 91.7 cm³/mol. The first-order chi connectivity index (χ1) is 11.1. The Morgan fingerprint density at radius 1 is 1.22 bits per heavy atom. The lowest BCUT2D eigenvalue weighted by Gasteiger charge is -2.36. The molecule has 2 heterocycles. The minimum absolute atomic E-state index is 0.183. The SMILES string of the molecule is Cc1cccc(N2CCN(CCC(=O)N3CCC(O)C3)CC2)c1. The van der Waals surface area contributed by atoms with Gasteiger partial charge in [-0.3, -0.25) is 9.69 Å². The fraction of sp³-hybridized carbons (Fsp3) is 0.611. The zero-order valence-corrected chi connectivity index (χ0v) is 13.9. The molecule has 3 rings (SSSR count). The normalized spacial score (nSPS) is 22.6. The van der Waals surface area contributed by atoms with Crippen molar-refractivity contribution in [3.8, 4) is 0 Å². The summed E-state index contributed by atoms with van der Waals surface area (Å²) in [5.41, 5.74) is 2.59. The van der Waals surface area contributed by atoms with Gasteiger partial charge in [-0.1, -0.05) is 12.1 Å². The fourth-order valence-electron chi connectivity index (χ4n) is 3.43. The molecule has 1 unspecified atom stereocenters.